The number of carbonyl (C=O) groups excluding carboxylic acids is 1. The number of hydrogen-bond donors (Lipinski definition) is 2. The molecule has 3 aromatic rings. The van der Waals surface area contributed by atoms with Crippen molar-refractivity contribution in [1.82, 2.24) is 4.98 Å². The fourth-order valence-corrected chi connectivity index (χ4v) is 4.23. The molecule has 0 atom stereocenters. The Morgan fingerprint density at radius 3 is 2.63 bits per heavy atom. The van der Waals surface area contributed by atoms with Crippen molar-refractivity contribution in [3.05, 3.63) is 48.0 Å². The van der Waals surface area contributed by atoms with E-state index < -0.39 is 26.6 Å². The fraction of sp³-hybridized carbons (Fsp3) is 0.176. The van der Waals surface area contributed by atoms with Gasteiger partial charge >= 0.3 is 0 Å². The smallest absolute Gasteiger partial charge is 0.262 e. The first kappa shape index (κ1) is 19.2. The molecule has 0 saturated heterocycles. The monoisotopic (exact) mass is 411 g/mol. The molecular weight excluding hydrogens is 396 g/mol. The van der Waals surface area contributed by atoms with Crippen LogP contribution in [-0.4, -0.2) is 19.3 Å². The topological polar surface area (TPSA) is 88.2 Å². The van der Waals surface area contributed by atoms with Crippen LogP contribution in [0.25, 0.3) is 10.2 Å². The van der Waals surface area contributed by atoms with Gasteiger partial charge in [-0.25, -0.2) is 22.2 Å². The number of anilines is 2. The van der Waals surface area contributed by atoms with Crippen molar-refractivity contribution >= 4 is 48.3 Å². The zero-order valence-electron chi connectivity index (χ0n) is 14.1. The van der Waals surface area contributed by atoms with E-state index in [1.165, 1.54) is 23.5 Å². The molecule has 0 radical (unpaired) electrons. The Balaban J connectivity index is 1.84. The van der Waals surface area contributed by atoms with Gasteiger partial charge in [-0.1, -0.05) is 18.3 Å². The molecule has 0 aliphatic rings. The highest BCUT2D eigenvalue weighted by Crippen LogP contribution is 2.29. The Bertz CT molecular complexity index is 1110. The van der Waals surface area contributed by atoms with Crippen LogP contribution in [0.4, 0.5) is 19.6 Å². The van der Waals surface area contributed by atoms with Crippen molar-refractivity contribution in [3.8, 4) is 0 Å². The highest BCUT2D eigenvalue weighted by molar-refractivity contribution is 7.92. The number of fused-ring (bicyclic) bond motifs is 1. The summed E-state index contributed by atoms with van der Waals surface area (Å²) in [5.74, 6) is -2.52. The van der Waals surface area contributed by atoms with Crippen LogP contribution in [0.5, 0.6) is 0 Å². The Labute approximate surface area is 158 Å². The van der Waals surface area contributed by atoms with E-state index in [-0.39, 0.29) is 11.6 Å². The van der Waals surface area contributed by atoms with Crippen LogP contribution in [-0.2, 0) is 14.8 Å². The van der Waals surface area contributed by atoms with Crippen molar-refractivity contribution in [2.45, 2.75) is 24.7 Å². The van der Waals surface area contributed by atoms with E-state index in [1.54, 1.807) is 6.07 Å². The van der Waals surface area contributed by atoms with Gasteiger partial charge in [0, 0.05) is 6.42 Å². The molecule has 0 saturated carbocycles. The molecule has 3 rings (SSSR count). The number of carbonyl (C=O) groups is 1. The van der Waals surface area contributed by atoms with E-state index in [0.29, 0.717) is 29.6 Å². The van der Waals surface area contributed by atoms with E-state index in [4.69, 9.17) is 0 Å². The maximum Gasteiger partial charge on any atom is 0.262 e. The minimum Gasteiger partial charge on any atom is -0.302 e. The number of halogens is 2. The summed E-state index contributed by atoms with van der Waals surface area (Å²) in [6, 6.07) is 7.02. The van der Waals surface area contributed by atoms with Crippen molar-refractivity contribution < 1.29 is 22.0 Å². The molecule has 0 fully saturated rings. The number of hydrogen-bond acceptors (Lipinski definition) is 5. The first-order valence-electron chi connectivity index (χ1n) is 7.97. The summed E-state index contributed by atoms with van der Waals surface area (Å²) in [5, 5.41) is 3.11. The Morgan fingerprint density at radius 1 is 1.15 bits per heavy atom. The second-order valence-corrected chi connectivity index (χ2v) is 8.39. The summed E-state index contributed by atoms with van der Waals surface area (Å²) in [5.41, 5.74) is 0.709. The Hall–Kier alpha value is -2.59. The van der Waals surface area contributed by atoms with Crippen LogP contribution in [0.15, 0.2) is 41.3 Å². The van der Waals surface area contributed by atoms with Crippen molar-refractivity contribution in [1.29, 1.82) is 0 Å². The maximum atomic E-state index is 13.3. The third kappa shape index (κ3) is 4.40. The minimum atomic E-state index is -4.09. The van der Waals surface area contributed by atoms with Crippen LogP contribution >= 0.6 is 11.3 Å². The van der Waals surface area contributed by atoms with E-state index >= 15 is 0 Å². The Morgan fingerprint density at radius 2 is 1.93 bits per heavy atom. The number of benzene rings is 2. The van der Waals surface area contributed by atoms with Crippen LogP contribution in [0.2, 0.25) is 0 Å². The van der Waals surface area contributed by atoms with Gasteiger partial charge in [-0.05, 0) is 42.8 Å². The molecule has 1 heterocycles. The lowest BCUT2D eigenvalue weighted by Crippen LogP contribution is -2.13. The zero-order chi connectivity index (χ0) is 19.6. The molecule has 2 N–H and O–H groups in total. The highest BCUT2D eigenvalue weighted by Gasteiger charge is 2.17. The molecule has 27 heavy (non-hydrogen) atoms. The third-order valence-electron chi connectivity index (χ3n) is 3.56. The lowest BCUT2D eigenvalue weighted by Gasteiger charge is -2.08. The molecule has 0 aliphatic heterocycles. The standard InChI is InChI=1S/C17H15F2N3O3S2/c1-2-3-16(23)21-17-20-14-8-10(4-7-15(14)26-17)22-27(24,25)11-5-6-12(18)13(19)9-11/h4-9,22H,2-3H2,1H3,(H,20,21,23). The number of sulfonamides is 1. The number of nitrogens with one attached hydrogen (secondary N) is 2. The predicted molar refractivity (Wildman–Crippen MR) is 100 cm³/mol. The molecule has 142 valence electrons. The molecule has 0 bridgehead atoms. The minimum absolute atomic E-state index is 0.143. The van der Waals surface area contributed by atoms with Gasteiger partial charge in [-0.2, -0.15) is 0 Å². The van der Waals surface area contributed by atoms with Gasteiger partial charge in [0.25, 0.3) is 10.0 Å². The molecule has 2 aromatic carbocycles. The quantitative estimate of drug-likeness (QED) is 0.639. The summed E-state index contributed by atoms with van der Waals surface area (Å²) in [6.45, 7) is 1.89. The van der Waals surface area contributed by atoms with Gasteiger partial charge in [0.2, 0.25) is 5.91 Å². The molecule has 1 aromatic heterocycles. The summed E-state index contributed by atoms with van der Waals surface area (Å²) in [7, 11) is -4.09. The lowest BCUT2D eigenvalue weighted by atomic mass is 10.3. The van der Waals surface area contributed by atoms with Crippen molar-refractivity contribution in [3.63, 3.8) is 0 Å². The number of nitrogens with zero attached hydrogens (tertiary/aromatic N) is 1. The number of amides is 1. The molecule has 1 amide bonds. The molecular formula is C17H15F2N3O3S2. The van der Waals surface area contributed by atoms with E-state index in [0.717, 1.165) is 16.8 Å². The number of thiazole rings is 1. The number of aromatic nitrogens is 1. The first-order valence-corrected chi connectivity index (χ1v) is 10.3. The Kier molecular flexibility index (Phi) is 5.38. The largest absolute Gasteiger partial charge is 0.302 e. The molecule has 0 aliphatic carbocycles. The van der Waals surface area contributed by atoms with Crippen LogP contribution in [0.1, 0.15) is 19.8 Å². The van der Waals surface area contributed by atoms with Crippen molar-refractivity contribution in [2.75, 3.05) is 10.0 Å². The van der Waals surface area contributed by atoms with Crippen molar-refractivity contribution in [2.24, 2.45) is 0 Å². The third-order valence-corrected chi connectivity index (χ3v) is 5.90. The molecule has 10 heteroatoms. The molecule has 0 unspecified atom stereocenters. The SMILES string of the molecule is CCCC(=O)Nc1nc2cc(NS(=O)(=O)c3ccc(F)c(F)c3)ccc2s1. The van der Waals surface area contributed by atoms with E-state index in [9.17, 15) is 22.0 Å². The van der Waals surface area contributed by atoms with Gasteiger partial charge in [0.1, 0.15) is 0 Å². The first-order chi connectivity index (χ1) is 12.8. The average molecular weight is 411 g/mol. The summed E-state index contributed by atoms with van der Waals surface area (Å²) in [6.07, 6.45) is 1.10. The van der Waals surface area contributed by atoms with Gasteiger partial charge < -0.3 is 5.32 Å². The van der Waals surface area contributed by atoms with Gasteiger partial charge in [0.05, 0.1) is 20.8 Å². The fourth-order valence-electron chi connectivity index (χ4n) is 2.31. The van der Waals surface area contributed by atoms with E-state index in [1.807, 2.05) is 6.92 Å². The second-order valence-electron chi connectivity index (χ2n) is 5.68. The van der Waals surface area contributed by atoms with Gasteiger partial charge in [-0.3, -0.25) is 9.52 Å². The molecule has 0 spiro atoms. The zero-order valence-corrected chi connectivity index (χ0v) is 15.8. The summed E-state index contributed by atoms with van der Waals surface area (Å²) in [4.78, 5) is 15.5. The van der Waals surface area contributed by atoms with Gasteiger partial charge in [0.15, 0.2) is 16.8 Å². The van der Waals surface area contributed by atoms with Crippen LogP contribution in [0, 0.1) is 11.6 Å². The lowest BCUT2D eigenvalue weighted by molar-refractivity contribution is -0.116. The van der Waals surface area contributed by atoms with E-state index in [2.05, 4.69) is 15.0 Å². The van der Waals surface area contributed by atoms with Gasteiger partial charge in [-0.15, -0.1) is 0 Å². The highest BCUT2D eigenvalue weighted by atomic mass is 32.2. The normalized spacial score (nSPS) is 11.5. The predicted octanol–water partition coefficient (Wildman–Crippen LogP) is 4.11. The van der Waals surface area contributed by atoms with Crippen LogP contribution < -0.4 is 10.0 Å². The average Bonchev–Trinajstić information content (AvgIpc) is 2.98. The van der Waals surface area contributed by atoms with Crippen LogP contribution in [0.3, 0.4) is 0 Å². The summed E-state index contributed by atoms with van der Waals surface area (Å²) >= 11 is 1.27. The summed E-state index contributed by atoms with van der Waals surface area (Å²) < 4.78 is 54.1. The second kappa shape index (κ2) is 7.57. The number of rotatable bonds is 6. The molecule has 6 nitrogen and oxygen atoms in total. The maximum absolute atomic E-state index is 13.3.